The number of fused-ring (bicyclic) bond motifs is 2. The number of amides is 2. The Morgan fingerprint density at radius 3 is 2.65 bits per heavy atom. The van der Waals surface area contributed by atoms with Gasteiger partial charge in [-0.25, -0.2) is 9.78 Å². The van der Waals surface area contributed by atoms with Crippen molar-refractivity contribution in [1.82, 2.24) is 28.9 Å². The average Bonchev–Trinajstić information content (AvgIpc) is 3.37. The molecule has 1 aromatic carbocycles. The first kappa shape index (κ1) is 22.6. The number of aromatic nitrogens is 4. The minimum absolute atomic E-state index is 0.0315. The van der Waals surface area contributed by atoms with E-state index in [1.54, 1.807) is 37.3 Å². The zero-order chi connectivity index (χ0) is 24.0. The smallest absolute Gasteiger partial charge is 0.328 e. The van der Waals surface area contributed by atoms with E-state index in [1.165, 1.54) is 4.90 Å². The number of piperidine rings is 1. The van der Waals surface area contributed by atoms with Crippen LogP contribution in [0.5, 0.6) is 0 Å². The van der Waals surface area contributed by atoms with Gasteiger partial charge in [0.15, 0.2) is 0 Å². The molecule has 4 aromatic rings. The van der Waals surface area contributed by atoms with E-state index < -0.39 is 0 Å². The van der Waals surface area contributed by atoms with Crippen LogP contribution < -0.4 is 0 Å². The zero-order valence-corrected chi connectivity index (χ0v) is 21.1. The van der Waals surface area contributed by atoms with Gasteiger partial charge < -0.3 is 14.4 Å². The maximum absolute atomic E-state index is 13.6. The van der Waals surface area contributed by atoms with Crippen molar-refractivity contribution in [2.75, 3.05) is 27.2 Å². The predicted molar refractivity (Wildman–Crippen MR) is 135 cm³/mol. The maximum Gasteiger partial charge on any atom is 0.328 e. The third kappa shape index (κ3) is 3.87. The number of hydrogen-bond donors (Lipinski definition) is 0. The summed E-state index contributed by atoms with van der Waals surface area (Å²) in [6.45, 7) is 4.29. The van der Waals surface area contributed by atoms with Crippen LogP contribution in [0, 0.1) is 12.8 Å². The number of hydrogen-bond acceptors (Lipinski definition) is 4. The summed E-state index contributed by atoms with van der Waals surface area (Å²) in [7, 11) is 3.42. The van der Waals surface area contributed by atoms with Crippen LogP contribution in [0.4, 0.5) is 4.79 Å². The molecular formula is C25H27BrN6O2. The molecule has 0 spiro atoms. The van der Waals surface area contributed by atoms with Crippen LogP contribution in [-0.2, 0) is 6.54 Å². The topological polar surface area (TPSA) is 76.3 Å². The molecule has 2 amide bonds. The number of carbonyl (C=O) groups is 2. The molecule has 8 nitrogen and oxygen atoms in total. The Hall–Kier alpha value is -3.20. The molecule has 0 N–H and O–H groups in total. The summed E-state index contributed by atoms with van der Waals surface area (Å²) in [6, 6.07) is 7.49. The van der Waals surface area contributed by atoms with E-state index in [4.69, 9.17) is 0 Å². The molecule has 1 saturated heterocycles. The minimum atomic E-state index is -0.181. The van der Waals surface area contributed by atoms with Crippen molar-refractivity contribution in [3.8, 4) is 0 Å². The summed E-state index contributed by atoms with van der Waals surface area (Å²) < 4.78 is 4.63. The van der Waals surface area contributed by atoms with Crippen molar-refractivity contribution in [2.24, 2.45) is 5.92 Å². The highest BCUT2D eigenvalue weighted by atomic mass is 79.9. The Bertz CT molecular complexity index is 1400. The lowest BCUT2D eigenvalue weighted by molar-refractivity contribution is 0.0685. The molecule has 176 valence electrons. The Balaban J connectivity index is 1.35. The van der Waals surface area contributed by atoms with E-state index in [2.05, 4.69) is 30.5 Å². The van der Waals surface area contributed by atoms with Crippen molar-refractivity contribution in [1.29, 1.82) is 0 Å². The fraction of sp³-hybridized carbons (Fsp3) is 0.360. The lowest BCUT2D eigenvalue weighted by Crippen LogP contribution is -2.39. The largest absolute Gasteiger partial charge is 0.339 e. The average molecular weight is 523 g/mol. The number of nitrogens with zero attached hydrogens (tertiary/aromatic N) is 6. The summed E-state index contributed by atoms with van der Waals surface area (Å²) in [5.41, 5.74) is 3.31. The summed E-state index contributed by atoms with van der Waals surface area (Å²) >= 11 is 3.59. The number of benzene rings is 1. The molecule has 1 fully saturated rings. The molecule has 0 bridgehead atoms. The van der Waals surface area contributed by atoms with Gasteiger partial charge in [-0.2, -0.15) is 0 Å². The van der Waals surface area contributed by atoms with Crippen LogP contribution in [0.2, 0.25) is 0 Å². The van der Waals surface area contributed by atoms with Crippen LogP contribution in [0.1, 0.15) is 29.0 Å². The highest BCUT2D eigenvalue weighted by molar-refractivity contribution is 9.10. The van der Waals surface area contributed by atoms with Gasteiger partial charge in [-0.05, 0) is 43.9 Å². The summed E-state index contributed by atoms with van der Waals surface area (Å²) in [5, 5.41) is 0.777. The monoisotopic (exact) mass is 522 g/mol. The molecule has 0 aliphatic carbocycles. The summed E-state index contributed by atoms with van der Waals surface area (Å²) in [5.74, 6) is 1.43. The van der Waals surface area contributed by atoms with Gasteiger partial charge in [0.05, 0.1) is 22.8 Å². The van der Waals surface area contributed by atoms with Crippen LogP contribution in [0.15, 0.2) is 47.3 Å². The van der Waals surface area contributed by atoms with Gasteiger partial charge in [-0.15, -0.1) is 0 Å². The molecule has 0 unspecified atom stereocenters. The zero-order valence-electron chi connectivity index (χ0n) is 19.5. The number of imidazole rings is 1. The summed E-state index contributed by atoms with van der Waals surface area (Å²) in [4.78, 5) is 38.5. The first-order valence-corrected chi connectivity index (χ1v) is 12.2. The van der Waals surface area contributed by atoms with Gasteiger partial charge in [-0.3, -0.25) is 14.3 Å². The Kier molecular flexibility index (Phi) is 5.89. The fourth-order valence-electron chi connectivity index (χ4n) is 4.86. The lowest BCUT2D eigenvalue weighted by Gasteiger charge is -2.32. The molecule has 1 aliphatic heterocycles. The number of aryl methyl sites for hydroxylation is 1. The molecule has 0 radical (unpaired) electrons. The number of rotatable bonds is 3. The Morgan fingerprint density at radius 1 is 1.15 bits per heavy atom. The highest BCUT2D eigenvalue weighted by Crippen LogP contribution is 2.31. The van der Waals surface area contributed by atoms with Crippen molar-refractivity contribution < 1.29 is 9.59 Å². The standard InChI is InChI=1S/C25H27BrN6O2/c1-16-28-20-13-27-10-7-21(20)31(16)14-17-8-11-30(12-9-17)24(33)18-15-32(25(34)29(2)3)22-6-4-5-19(26)23(18)22/h4-7,10,13,15,17H,8-9,11-12,14H2,1-3H3. The van der Waals surface area contributed by atoms with Crippen LogP contribution >= 0.6 is 15.9 Å². The molecule has 9 heteroatoms. The van der Waals surface area contributed by atoms with E-state index in [-0.39, 0.29) is 11.9 Å². The molecule has 0 saturated carbocycles. The number of pyridine rings is 1. The molecular weight excluding hydrogens is 496 g/mol. The van der Waals surface area contributed by atoms with E-state index in [0.29, 0.717) is 24.6 Å². The second-order valence-corrected chi connectivity index (χ2v) is 9.95. The van der Waals surface area contributed by atoms with Gasteiger partial charge >= 0.3 is 6.03 Å². The van der Waals surface area contributed by atoms with Gasteiger partial charge in [0.2, 0.25) is 0 Å². The minimum Gasteiger partial charge on any atom is -0.339 e. The van der Waals surface area contributed by atoms with Crippen molar-refractivity contribution in [2.45, 2.75) is 26.3 Å². The second-order valence-electron chi connectivity index (χ2n) is 9.09. The van der Waals surface area contributed by atoms with Crippen LogP contribution in [-0.4, -0.2) is 68.0 Å². The van der Waals surface area contributed by atoms with Gasteiger partial charge in [0, 0.05) is 56.0 Å². The van der Waals surface area contributed by atoms with E-state index in [9.17, 15) is 9.59 Å². The molecule has 0 atom stereocenters. The van der Waals surface area contributed by atoms with Crippen molar-refractivity contribution in [3.05, 3.63) is 58.7 Å². The summed E-state index contributed by atoms with van der Waals surface area (Å²) in [6.07, 6.45) is 7.13. The van der Waals surface area contributed by atoms with E-state index >= 15 is 0 Å². The second kappa shape index (κ2) is 8.87. The SMILES string of the molecule is Cc1nc2cnccc2n1CC1CCN(C(=O)c2cn(C(=O)N(C)C)c3cccc(Br)c23)CC1. The fourth-order valence-corrected chi connectivity index (χ4v) is 5.43. The van der Waals surface area contributed by atoms with Crippen molar-refractivity contribution >= 4 is 49.8 Å². The quantitative estimate of drug-likeness (QED) is 0.395. The Morgan fingerprint density at radius 2 is 1.91 bits per heavy atom. The molecule has 1 aliphatic rings. The third-order valence-corrected chi connectivity index (χ3v) is 7.34. The molecule has 5 rings (SSSR count). The van der Waals surface area contributed by atoms with Crippen LogP contribution in [0.25, 0.3) is 21.9 Å². The Labute approximate surface area is 206 Å². The van der Waals surface area contributed by atoms with Gasteiger partial charge in [0.25, 0.3) is 5.91 Å². The van der Waals surface area contributed by atoms with Gasteiger partial charge in [0.1, 0.15) is 11.3 Å². The number of likely N-dealkylation sites (tertiary alicyclic amines) is 1. The van der Waals surface area contributed by atoms with E-state index in [0.717, 1.165) is 51.6 Å². The lowest BCUT2D eigenvalue weighted by atomic mass is 9.96. The maximum atomic E-state index is 13.6. The predicted octanol–water partition coefficient (Wildman–Crippen LogP) is 4.54. The molecule has 4 heterocycles. The number of carbonyl (C=O) groups excluding carboxylic acids is 2. The van der Waals surface area contributed by atoms with Crippen molar-refractivity contribution in [3.63, 3.8) is 0 Å². The van der Waals surface area contributed by atoms with Crippen LogP contribution in [0.3, 0.4) is 0 Å². The first-order valence-electron chi connectivity index (χ1n) is 11.4. The first-order chi connectivity index (χ1) is 16.3. The number of halogens is 1. The van der Waals surface area contributed by atoms with E-state index in [1.807, 2.05) is 36.1 Å². The van der Waals surface area contributed by atoms with Gasteiger partial charge in [-0.1, -0.05) is 22.0 Å². The normalized spacial score (nSPS) is 14.8. The molecule has 3 aromatic heterocycles. The highest BCUT2D eigenvalue weighted by Gasteiger charge is 2.28. The third-order valence-electron chi connectivity index (χ3n) is 6.68. The molecule has 34 heavy (non-hydrogen) atoms.